The number of carbonyl (C=O) groups is 1. The number of oxime groups is 1. The maximum Gasteiger partial charge on any atom is 0.416 e. The van der Waals surface area contributed by atoms with Crippen molar-refractivity contribution in [3.63, 3.8) is 0 Å². The van der Waals surface area contributed by atoms with Crippen molar-refractivity contribution < 1.29 is 22.8 Å². The van der Waals surface area contributed by atoms with Crippen molar-refractivity contribution in [3.8, 4) is 0 Å². The fraction of sp³-hybridized carbons (Fsp3) is 0.440. The Balaban J connectivity index is 1.31. The van der Waals surface area contributed by atoms with Crippen LogP contribution in [0.15, 0.2) is 53.7 Å². The Hall–Kier alpha value is -3.03. The van der Waals surface area contributed by atoms with Gasteiger partial charge in [0, 0.05) is 38.0 Å². The number of nitrogens with zero attached hydrogens (tertiary/aromatic N) is 2. The number of nitrogens with one attached hydrogen (secondary N) is 1. The molecule has 1 N–H and O–H groups in total. The molecular weight excluding hydrogens is 431 g/mol. The number of halogens is 3. The molecule has 1 saturated heterocycles. The number of piperidine rings is 1. The summed E-state index contributed by atoms with van der Waals surface area (Å²) in [7, 11) is 0. The highest BCUT2D eigenvalue weighted by molar-refractivity contribution is 6.01. The van der Waals surface area contributed by atoms with Crippen LogP contribution in [0.2, 0.25) is 0 Å². The lowest BCUT2D eigenvalue weighted by atomic mass is 9.84. The predicted molar refractivity (Wildman–Crippen MR) is 121 cm³/mol. The summed E-state index contributed by atoms with van der Waals surface area (Å²) in [5, 5.41) is 7.02. The molecule has 176 valence electrons. The molecule has 0 bridgehead atoms. The van der Waals surface area contributed by atoms with E-state index in [1.807, 2.05) is 0 Å². The Kier molecular flexibility index (Phi) is 5.88. The number of hydrogen-bond donors (Lipinski definition) is 1. The van der Waals surface area contributed by atoms with Gasteiger partial charge in [-0.3, -0.25) is 0 Å². The second-order valence-electron chi connectivity index (χ2n) is 9.81. The van der Waals surface area contributed by atoms with E-state index >= 15 is 0 Å². The summed E-state index contributed by atoms with van der Waals surface area (Å²) in [6, 6.07) is 12.5. The standard InChI is InChI=1S/C25H28F3N3O2/c1-23(2,3)18-6-4-17(5-7-18)21-16-24(33-30-21)12-14-31(15-13-24)22(32)29-20-10-8-19(9-11-20)25(26,27)28/h4-11H,12-16H2,1-3H3,(H,29,32). The molecule has 2 amide bonds. The molecule has 0 atom stereocenters. The fourth-order valence-corrected chi connectivity index (χ4v) is 4.17. The van der Waals surface area contributed by atoms with Crippen molar-refractivity contribution in [2.45, 2.75) is 57.2 Å². The van der Waals surface area contributed by atoms with E-state index in [0.717, 1.165) is 23.4 Å². The van der Waals surface area contributed by atoms with Gasteiger partial charge in [0.2, 0.25) is 0 Å². The van der Waals surface area contributed by atoms with Gasteiger partial charge in [-0.05, 0) is 40.8 Å². The zero-order valence-electron chi connectivity index (χ0n) is 19.0. The van der Waals surface area contributed by atoms with Crippen molar-refractivity contribution in [1.82, 2.24) is 4.90 Å². The Morgan fingerprint density at radius 1 is 0.970 bits per heavy atom. The fourth-order valence-electron chi connectivity index (χ4n) is 4.17. The molecule has 0 radical (unpaired) electrons. The quantitative estimate of drug-likeness (QED) is 0.582. The molecular formula is C25H28F3N3O2. The average Bonchev–Trinajstić information content (AvgIpc) is 3.17. The van der Waals surface area contributed by atoms with Gasteiger partial charge in [0.1, 0.15) is 5.60 Å². The average molecular weight is 460 g/mol. The summed E-state index contributed by atoms with van der Waals surface area (Å²) in [6.45, 7) is 7.49. The third-order valence-corrected chi connectivity index (χ3v) is 6.35. The lowest BCUT2D eigenvalue weighted by molar-refractivity contribution is -0.137. The molecule has 0 saturated carbocycles. The first-order valence-electron chi connectivity index (χ1n) is 11.0. The molecule has 2 aromatic rings. The van der Waals surface area contributed by atoms with E-state index < -0.39 is 17.3 Å². The van der Waals surface area contributed by atoms with Gasteiger partial charge >= 0.3 is 12.2 Å². The minimum atomic E-state index is -4.40. The van der Waals surface area contributed by atoms with E-state index in [2.05, 4.69) is 55.5 Å². The second-order valence-corrected chi connectivity index (χ2v) is 9.81. The van der Waals surface area contributed by atoms with Crippen LogP contribution in [0.25, 0.3) is 0 Å². The molecule has 2 heterocycles. The van der Waals surface area contributed by atoms with Crippen molar-refractivity contribution >= 4 is 17.4 Å². The number of carbonyl (C=O) groups excluding carboxylic acids is 1. The maximum absolute atomic E-state index is 12.7. The molecule has 2 aliphatic heterocycles. The highest BCUT2D eigenvalue weighted by atomic mass is 19.4. The van der Waals surface area contributed by atoms with Gasteiger partial charge in [0.15, 0.2) is 0 Å². The summed E-state index contributed by atoms with van der Waals surface area (Å²) in [5.41, 5.74) is 2.47. The van der Waals surface area contributed by atoms with Crippen LogP contribution in [0.4, 0.5) is 23.7 Å². The molecule has 8 heteroatoms. The number of likely N-dealkylation sites (tertiary alicyclic amines) is 1. The largest absolute Gasteiger partial charge is 0.416 e. The van der Waals surface area contributed by atoms with Crippen LogP contribution in [0, 0.1) is 0 Å². The van der Waals surface area contributed by atoms with E-state index in [0.29, 0.717) is 38.0 Å². The van der Waals surface area contributed by atoms with Crippen LogP contribution in [-0.2, 0) is 16.4 Å². The SMILES string of the molecule is CC(C)(C)c1ccc(C2=NOC3(CCN(C(=O)Nc4ccc(C(F)(F)F)cc4)CC3)C2)cc1. The molecule has 0 aliphatic carbocycles. The monoisotopic (exact) mass is 459 g/mol. The smallest absolute Gasteiger partial charge is 0.388 e. The predicted octanol–water partition coefficient (Wildman–Crippen LogP) is 6.19. The second kappa shape index (κ2) is 8.39. The van der Waals surface area contributed by atoms with Crippen molar-refractivity contribution in [1.29, 1.82) is 0 Å². The summed E-state index contributed by atoms with van der Waals surface area (Å²) in [5.74, 6) is 0. The van der Waals surface area contributed by atoms with Gasteiger partial charge in [-0.2, -0.15) is 13.2 Å². The Bertz CT molecular complexity index is 1030. The number of rotatable bonds is 2. The first kappa shape index (κ1) is 23.1. The van der Waals surface area contributed by atoms with E-state index in [9.17, 15) is 18.0 Å². The third kappa shape index (κ3) is 5.15. The minimum absolute atomic E-state index is 0.0848. The van der Waals surface area contributed by atoms with Crippen molar-refractivity contribution in [2.75, 3.05) is 18.4 Å². The lowest BCUT2D eigenvalue weighted by Gasteiger charge is -2.37. The van der Waals surface area contributed by atoms with E-state index in [-0.39, 0.29) is 11.4 Å². The molecule has 5 nitrogen and oxygen atoms in total. The number of anilines is 1. The van der Waals surface area contributed by atoms with E-state index in [4.69, 9.17) is 4.84 Å². The van der Waals surface area contributed by atoms with Crippen LogP contribution in [0.5, 0.6) is 0 Å². The Morgan fingerprint density at radius 2 is 1.55 bits per heavy atom. The zero-order chi connectivity index (χ0) is 23.9. The van der Waals surface area contributed by atoms with Gasteiger partial charge in [-0.15, -0.1) is 0 Å². The molecule has 33 heavy (non-hydrogen) atoms. The summed E-state index contributed by atoms with van der Waals surface area (Å²) >= 11 is 0. The minimum Gasteiger partial charge on any atom is -0.388 e. The normalized spacial score (nSPS) is 18.1. The summed E-state index contributed by atoms with van der Waals surface area (Å²) in [4.78, 5) is 20.1. The molecule has 0 unspecified atom stereocenters. The van der Waals surface area contributed by atoms with Crippen LogP contribution < -0.4 is 5.32 Å². The number of amides is 2. The molecule has 2 aromatic carbocycles. The van der Waals surface area contributed by atoms with Gasteiger partial charge in [-0.1, -0.05) is 50.2 Å². The number of benzene rings is 2. The summed E-state index contributed by atoms with van der Waals surface area (Å²) < 4.78 is 38.1. The number of urea groups is 1. The van der Waals surface area contributed by atoms with Crippen LogP contribution >= 0.6 is 0 Å². The lowest BCUT2D eigenvalue weighted by Crippen LogP contribution is -2.48. The molecule has 4 rings (SSSR count). The number of alkyl halides is 3. The first-order valence-corrected chi connectivity index (χ1v) is 11.0. The highest BCUT2D eigenvalue weighted by Crippen LogP contribution is 2.37. The first-order chi connectivity index (χ1) is 15.5. The maximum atomic E-state index is 12.7. The van der Waals surface area contributed by atoms with Crippen LogP contribution in [0.1, 0.15) is 56.7 Å². The third-order valence-electron chi connectivity index (χ3n) is 6.35. The zero-order valence-corrected chi connectivity index (χ0v) is 19.0. The van der Waals surface area contributed by atoms with Gasteiger partial charge < -0.3 is 15.1 Å². The molecule has 0 aromatic heterocycles. The van der Waals surface area contributed by atoms with Crippen molar-refractivity contribution in [2.24, 2.45) is 5.16 Å². The van der Waals surface area contributed by atoms with Crippen LogP contribution in [0.3, 0.4) is 0 Å². The molecule has 2 aliphatic rings. The highest BCUT2D eigenvalue weighted by Gasteiger charge is 2.43. The Morgan fingerprint density at radius 3 is 2.09 bits per heavy atom. The topological polar surface area (TPSA) is 53.9 Å². The Labute approximate surface area is 191 Å². The van der Waals surface area contributed by atoms with Crippen LogP contribution in [-0.4, -0.2) is 35.3 Å². The number of hydrogen-bond acceptors (Lipinski definition) is 3. The molecule has 1 fully saturated rings. The van der Waals surface area contributed by atoms with Gasteiger partial charge in [0.25, 0.3) is 0 Å². The molecule has 1 spiro atoms. The van der Waals surface area contributed by atoms with E-state index in [1.165, 1.54) is 17.7 Å². The van der Waals surface area contributed by atoms with Gasteiger partial charge in [-0.25, -0.2) is 4.79 Å². The van der Waals surface area contributed by atoms with Crippen molar-refractivity contribution in [3.05, 3.63) is 65.2 Å². The summed E-state index contributed by atoms with van der Waals surface area (Å²) in [6.07, 6.45) is -2.43. The van der Waals surface area contributed by atoms with Gasteiger partial charge in [0.05, 0.1) is 11.3 Å². The van der Waals surface area contributed by atoms with E-state index in [1.54, 1.807) is 4.90 Å².